The lowest BCUT2D eigenvalue weighted by Gasteiger charge is -2.32. The number of nitrogens with zero attached hydrogens (tertiary/aromatic N) is 4. The minimum Gasteiger partial charge on any atom is -0.367 e. The maximum atomic E-state index is 4.57. The van der Waals surface area contributed by atoms with E-state index in [9.17, 15) is 0 Å². The molecule has 0 amide bonds. The molecule has 1 aliphatic heterocycles. The van der Waals surface area contributed by atoms with E-state index < -0.39 is 0 Å². The molecule has 7 heteroatoms. The van der Waals surface area contributed by atoms with Gasteiger partial charge in [-0.3, -0.25) is 4.68 Å². The molecule has 2 atom stereocenters. The molecule has 3 rings (SSSR count). The van der Waals surface area contributed by atoms with Crippen molar-refractivity contribution in [3.63, 3.8) is 0 Å². The van der Waals surface area contributed by atoms with E-state index in [1.54, 1.807) is 6.20 Å². The second-order valence-electron chi connectivity index (χ2n) is 6.10. The van der Waals surface area contributed by atoms with Crippen molar-refractivity contribution in [1.29, 1.82) is 0 Å². The van der Waals surface area contributed by atoms with Crippen LogP contribution >= 0.6 is 0 Å². The number of rotatable bonds is 5. The Kier molecular flexibility index (Phi) is 4.76. The summed E-state index contributed by atoms with van der Waals surface area (Å²) in [5.74, 6) is 2.82. The van der Waals surface area contributed by atoms with Gasteiger partial charge in [-0.2, -0.15) is 10.1 Å². The Morgan fingerprint density at radius 3 is 3.00 bits per heavy atom. The number of nitrogens with one attached hydrogen (secondary N) is 3. The summed E-state index contributed by atoms with van der Waals surface area (Å²) >= 11 is 0. The SMILES string of the molecule is CCC1CNCCC1Nc1ccnc(Nc2cc(C)n(C)n2)n1. The van der Waals surface area contributed by atoms with Crippen LogP contribution in [0.5, 0.6) is 0 Å². The van der Waals surface area contributed by atoms with Crippen LogP contribution in [0.3, 0.4) is 0 Å². The lowest BCUT2D eigenvalue weighted by atomic mass is 9.91. The standard InChI is InChI=1S/C16H25N7/c1-4-12-10-17-7-5-13(12)19-14-6-8-18-16(20-14)21-15-9-11(2)23(3)22-15/h6,8-9,12-13,17H,4-5,7,10H2,1-3H3,(H2,18,19,20,21,22). The quantitative estimate of drug-likeness (QED) is 0.784. The first-order chi connectivity index (χ1) is 11.2. The third-order valence-electron chi connectivity index (χ3n) is 4.47. The van der Waals surface area contributed by atoms with Crippen LogP contribution in [0.25, 0.3) is 0 Å². The number of hydrogen-bond donors (Lipinski definition) is 3. The molecular weight excluding hydrogens is 290 g/mol. The van der Waals surface area contributed by atoms with Gasteiger partial charge in [0, 0.05) is 31.0 Å². The summed E-state index contributed by atoms with van der Waals surface area (Å²) in [4.78, 5) is 8.85. The second kappa shape index (κ2) is 6.95. The fourth-order valence-corrected chi connectivity index (χ4v) is 2.97. The minimum absolute atomic E-state index is 0.459. The zero-order valence-corrected chi connectivity index (χ0v) is 14.0. The molecule has 0 radical (unpaired) electrons. The smallest absolute Gasteiger partial charge is 0.230 e. The Morgan fingerprint density at radius 2 is 2.26 bits per heavy atom. The van der Waals surface area contributed by atoms with Gasteiger partial charge in [-0.05, 0) is 38.4 Å². The summed E-state index contributed by atoms with van der Waals surface area (Å²) in [6.07, 6.45) is 4.05. The minimum atomic E-state index is 0.459. The van der Waals surface area contributed by atoms with E-state index in [0.29, 0.717) is 17.9 Å². The summed E-state index contributed by atoms with van der Waals surface area (Å²) in [6, 6.07) is 4.36. The maximum Gasteiger partial charge on any atom is 0.230 e. The van der Waals surface area contributed by atoms with Gasteiger partial charge in [-0.1, -0.05) is 13.3 Å². The van der Waals surface area contributed by atoms with E-state index in [1.807, 2.05) is 30.8 Å². The summed E-state index contributed by atoms with van der Waals surface area (Å²) in [7, 11) is 1.92. The molecule has 0 bridgehead atoms. The molecule has 0 saturated carbocycles. The summed E-state index contributed by atoms with van der Waals surface area (Å²) in [5.41, 5.74) is 1.09. The number of anilines is 3. The summed E-state index contributed by atoms with van der Waals surface area (Å²) < 4.78 is 1.82. The van der Waals surface area contributed by atoms with Crippen LogP contribution in [-0.2, 0) is 7.05 Å². The molecule has 1 aliphatic rings. The molecule has 2 unspecified atom stereocenters. The van der Waals surface area contributed by atoms with E-state index in [2.05, 4.69) is 37.9 Å². The Morgan fingerprint density at radius 1 is 1.39 bits per heavy atom. The van der Waals surface area contributed by atoms with Crippen molar-refractivity contribution in [2.24, 2.45) is 13.0 Å². The largest absolute Gasteiger partial charge is 0.367 e. The van der Waals surface area contributed by atoms with Gasteiger partial charge in [-0.25, -0.2) is 4.98 Å². The molecule has 1 fully saturated rings. The average Bonchev–Trinajstić information content (AvgIpc) is 2.86. The molecule has 23 heavy (non-hydrogen) atoms. The van der Waals surface area contributed by atoms with Crippen LogP contribution in [0.2, 0.25) is 0 Å². The molecule has 3 heterocycles. The van der Waals surface area contributed by atoms with Gasteiger partial charge < -0.3 is 16.0 Å². The number of aromatic nitrogens is 4. The highest BCUT2D eigenvalue weighted by Crippen LogP contribution is 2.20. The van der Waals surface area contributed by atoms with Crippen molar-refractivity contribution < 1.29 is 0 Å². The zero-order chi connectivity index (χ0) is 16.2. The van der Waals surface area contributed by atoms with Crippen molar-refractivity contribution in [3.8, 4) is 0 Å². The van der Waals surface area contributed by atoms with Crippen LogP contribution in [-0.4, -0.2) is 38.9 Å². The third kappa shape index (κ3) is 3.79. The summed E-state index contributed by atoms with van der Waals surface area (Å²) in [5, 5.41) is 14.6. The predicted octanol–water partition coefficient (Wildman–Crippen LogP) is 2.06. The predicted molar refractivity (Wildman–Crippen MR) is 91.9 cm³/mol. The van der Waals surface area contributed by atoms with E-state index >= 15 is 0 Å². The second-order valence-corrected chi connectivity index (χ2v) is 6.10. The van der Waals surface area contributed by atoms with E-state index in [4.69, 9.17) is 0 Å². The number of aryl methyl sites for hydroxylation is 2. The van der Waals surface area contributed by atoms with Crippen LogP contribution in [0.4, 0.5) is 17.6 Å². The van der Waals surface area contributed by atoms with Gasteiger partial charge in [0.15, 0.2) is 5.82 Å². The molecule has 124 valence electrons. The van der Waals surface area contributed by atoms with Gasteiger partial charge in [0.1, 0.15) is 5.82 Å². The van der Waals surface area contributed by atoms with Gasteiger partial charge in [0.25, 0.3) is 0 Å². The highest BCUT2D eigenvalue weighted by atomic mass is 15.3. The van der Waals surface area contributed by atoms with E-state index in [1.165, 1.54) is 0 Å². The lowest BCUT2D eigenvalue weighted by Crippen LogP contribution is -2.43. The molecular formula is C16H25N7. The van der Waals surface area contributed by atoms with Crippen LogP contribution in [0, 0.1) is 12.8 Å². The van der Waals surface area contributed by atoms with Crippen LogP contribution in [0.1, 0.15) is 25.5 Å². The Bertz CT molecular complexity index is 632. The normalized spacial score (nSPS) is 21.2. The van der Waals surface area contributed by atoms with Gasteiger partial charge in [0.2, 0.25) is 5.95 Å². The monoisotopic (exact) mass is 315 g/mol. The highest BCUT2D eigenvalue weighted by Gasteiger charge is 2.23. The summed E-state index contributed by atoms with van der Waals surface area (Å²) in [6.45, 7) is 6.37. The van der Waals surface area contributed by atoms with Gasteiger partial charge in [-0.15, -0.1) is 0 Å². The van der Waals surface area contributed by atoms with Crippen molar-refractivity contribution in [1.82, 2.24) is 25.1 Å². The van der Waals surface area contributed by atoms with Crippen LogP contribution in [0.15, 0.2) is 18.3 Å². The zero-order valence-electron chi connectivity index (χ0n) is 14.0. The van der Waals surface area contributed by atoms with Crippen molar-refractivity contribution in [2.75, 3.05) is 23.7 Å². The van der Waals surface area contributed by atoms with Crippen molar-refractivity contribution in [2.45, 2.75) is 32.7 Å². The molecule has 1 saturated heterocycles. The van der Waals surface area contributed by atoms with Gasteiger partial charge in [0.05, 0.1) is 0 Å². The fraction of sp³-hybridized carbons (Fsp3) is 0.562. The van der Waals surface area contributed by atoms with Crippen LogP contribution < -0.4 is 16.0 Å². The number of piperidine rings is 1. The Hall–Kier alpha value is -2.15. The third-order valence-corrected chi connectivity index (χ3v) is 4.47. The van der Waals surface area contributed by atoms with Crippen molar-refractivity contribution in [3.05, 3.63) is 24.0 Å². The highest BCUT2D eigenvalue weighted by molar-refractivity contribution is 5.50. The fourth-order valence-electron chi connectivity index (χ4n) is 2.97. The molecule has 7 nitrogen and oxygen atoms in total. The average molecular weight is 315 g/mol. The molecule has 2 aromatic heterocycles. The number of hydrogen-bond acceptors (Lipinski definition) is 6. The van der Waals surface area contributed by atoms with E-state index in [-0.39, 0.29) is 0 Å². The molecule has 0 spiro atoms. The Labute approximate surface area is 136 Å². The maximum absolute atomic E-state index is 4.57. The van der Waals surface area contributed by atoms with E-state index in [0.717, 1.165) is 43.3 Å². The Balaban J connectivity index is 1.69. The first-order valence-electron chi connectivity index (χ1n) is 8.23. The topological polar surface area (TPSA) is 79.7 Å². The molecule has 2 aromatic rings. The lowest BCUT2D eigenvalue weighted by molar-refractivity contribution is 0.335. The van der Waals surface area contributed by atoms with Crippen molar-refractivity contribution >= 4 is 17.6 Å². The molecule has 3 N–H and O–H groups in total. The molecule has 0 aliphatic carbocycles. The first kappa shape index (κ1) is 15.7. The first-order valence-corrected chi connectivity index (χ1v) is 8.23. The molecule has 0 aromatic carbocycles. The van der Waals surface area contributed by atoms with Gasteiger partial charge >= 0.3 is 0 Å².